The zero-order valence-electron chi connectivity index (χ0n) is 6.95. The zero-order valence-corrected chi connectivity index (χ0v) is 7.71. The number of nitrogens with zero attached hydrogens (tertiary/aromatic N) is 3. The average Bonchev–Trinajstić information content (AvgIpc) is 2.03. The molecule has 1 aromatic carbocycles. The van der Waals surface area contributed by atoms with Gasteiger partial charge >= 0.3 is 5.69 Å². The van der Waals surface area contributed by atoms with Crippen molar-refractivity contribution in [2.24, 2.45) is 0 Å². The smallest absolute Gasteiger partial charge is 0.376 e. The lowest BCUT2D eigenvalue weighted by molar-refractivity contribution is 1.13. The Bertz CT molecular complexity index is 328. The molecule has 0 saturated carbocycles. The molecule has 0 aliphatic carbocycles. The van der Waals surface area contributed by atoms with E-state index in [1.165, 1.54) is 0 Å². The molecule has 62 valence electrons. The van der Waals surface area contributed by atoms with E-state index in [2.05, 4.69) is 4.98 Å². The molecule has 0 saturated heterocycles. The summed E-state index contributed by atoms with van der Waals surface area (Å²) in [5, 5.41) is 9.02. The number of hydrogen-bond acceptors (Lipinski definition) is 2. The van der Waals surface area contributed by atoms with Gasteiger partial charge in [0.15, 0.2) is 4.98 Å². The van der Waals surface area contributed by atoms with Gasteiger partial charge in [-0.25, -0.2) is 0 Å². The fraction of sp³-hybridized carbons (Fsp3) is 0.250. The first-order valence-corrected chi connectivity index (χ1v) is 3.85. The minimum atomic E-state index is 0.464. The summed E-state index contributed by atoms with van der Waals surface area (Å²) in [7, 11) is 3.80. The van der Waals surface area contributed by atoms with Gasteiger partial charge in [-0.15, -0.1) is 0 Å². The molecule has 0 bridgehead atoms. The molecule has 0 N–H and O–H groups in total. The number of diazo groups is 1. The Morgan fingerprint density at radius 1 is 1.42 bits per heavy atom. The lowest BCUT2D eigenvalue weighted by Gasteiger charge is -2.12. The van der Waals surface area contributed by atoms with Crippen LogP contribution in [0, 0.1) is 5.39 Å². The Labute approximate surface area is 76.2 Å². The first-order chi connectivity index (χ1) is 5.65. The predicted molar refractivity (Wildman–Crippen MR) is 50.5 cm³/mol. The highest BCUT2D eigenvalue weighted by Crippen LogP contribution is 2.28. The highest BCUT2D eigenvalue weighted by Gasteiger charge is 2.09. The molecule has 3 nitrogen and oxygen atoms in total. The van der Waals surface area contributed by atoms with Crippen LogP contribution < -0.4 is 4.90 Å². The second-order valence-electron chi connectivity index (χ2n) is 2.63. The van der Waals surface area contributed by atoms with E-state index in [-0.39, 0.29) is 0 Å². The Hall–Kier alpha value is -1.27. The summed E-state index contributed by atoms with van der Waals surface area (Å²) in [6.45, 7) is 0. The van der Waals surface area contributed by atoms with Crippen molar-refractivity contribution in [3.05, 3.63) is 28.2 Å². The van der Waals surface area contributed by atoms with E-state index in [9.17, 15) is 0 Å². The van der Waals surface area contributed by atoms with Crippen molar-refractivity contribution in [1.29, 1.82) is 5.39 Å². The van der Waals surface area contributed by atoms with Gasteiger partial charge in [0.25, 0.3) is 0 Å². The third kappa shape index (κ3) is 1.66. The van der Waals surface area contributed by atoms with Gasteiger partial charge in [0, 0.05) is 20.2 Å². The molecule has 0 aliphatic heterocycles. The Balaban J connectivity index is 3.14. The molecule has 1 aromatic rings. The third-order valence-electron chi connectivity index (χ3n) is 1.53. The van der Waals surface area contributed by atoms with E-state index in [0.717, 1.165) is 5.69 Å². The van der Waals surface area contributed by atoms with Crippen LogP contribution in [0.1, 0.15) is 0 Å². The summed E-state index contributed by atoms with van der Waals surface area (Å²) in [4.78, 5) is 4.92. The van der Waals surface area contributed by atoms with Crippen molar-refractivity contribution in [1.82, 2.24) is 0 Å². The highest BCUT2D eigenvalue weighted by atomic mass is 35.5. The maximum atomic E-state index is 8.44. The van der Waals surface area contributed by atoms with Crippen molar-refractivity contribution in [3.63, 3.8) is 0 Å². The van der Waals surface area contributed by atoms with Crippen molar-refractivity contribution in [2.75, 3.05) is 19.0 Å². The van der Waals surface area contributed by atoms with Gasteiger partial charge in [0.1, 0.15) is 0 Å². The average molecular weight is 183 g/mol. The molecular weight excluding hydrogens is 174 g/mol. The van der Waals surface area contributed by atoms with Crippen molar-refractivity contribution in [3.8, 4) is 0 Å². The van der Waals surface area contributed by atoms with E-state index >= 15 is 0 Å². The van der Waals surface area contributed by atoms with E-state index in [1.54, 1.807) is 18.2 Å². The predicted octanol–water partition coefficient (Wildman–Crippen LogP) is 2.89. The lowest BCUT2D eigenvalue weighted by Crippen LogP contribution is -2.08. The van der Waals surface area contributed by atoms with Crippen molar-refractivity contribution < 1.29 is 0 Å². The molecule has 0 unspecified atom stereocenters. The Morgan fingerprint density at radius 3 is 2.50 bits per heavy atom. The quantitative estimate of drug-likeness (QED) is 0.626. The summed E-state index contributed by atoms with van der Waals surface area (Å²) < 4.78 is 0. The third-order valence-corrected chi connectivity index (χ3v) is 1.83. The number of hydrogen-bond donors (Lipinski definition) is 0. The SMILES string of the molecule is CN(C)c1ccc([N+]#N)cc1Cl. The minimum Gasteiger partial charge on any atom is -0.376 e. The fourth-order valence-electron chi connectivity index (χ4n) is 0.921. The van der Waals surface area contributed by atoms with Crippen LogP contribution in [0.3, 0.4) is 0 Å². The van der Waals surface area contributed by atoms with Crippen LogP contribution in [0.15, 0.2) is 18.2 Å². The molecule has 0 fully saturated rings. The van der Waals surface area contributed by atoms with Gasteiger partial charge in [-0.3, -0.25) is 0 Å². The van der Waals surface area contributed by atoms with E-state index < -0.39 is 0 Å². The van der Waals surface area contributed by atoms with E-state index in [1.807, 2.05) is 19.0 Å². The molecule has 0 amide bonds. The monoisotopic (exact) mass is 182 g/mol. The lowest BCUT2D eigenvalue weighted by atomic mass is 10.3. The number of anilines is 1. The normalized spacial score (nSPS) is 9.17. The van der Waals surface area contributed by atoms with E-state index in [0.29, 0.717) is 10.7 Å². The second-order valence-corrected chi connectivity index (χ2v) is 3.04. The topological polar surface area (TPSA) is 31.4 Å². The summed E-state index contributed by atoms with van der Waals surface area (Å²) in [5.74, 6) is 0. The van der Waals surface area contributed by atoms with Crippen LogP contribution in [-0.4, -0.2) is 14.1 Å². The molecule has 1 rings (SSSR count). The number of halogens is 1. The first-order valence-electron chi connectivity index (χ1n) is 3.47. The highest BCUT2D eigenvalue weighted by molar-refractivity contribution is 6.33. The van der Waals surface area contributed by atoms with Crippen LogP contribution in [0.4, 0.5) is 11.4 Å². The van der Waals surface area contributed by atoms with Crippen LogP contribution in [0.2, 0.25) is 5.02 Å². The maximum Gasteiger partial charge on any atom is 0.386 e. The molecule has 0 heterocycles. The fourth-order valence-corrected chi connectivity index (χ4v) is 1.26. The zero-order chi connectivity index (χ0) is 9.14. The van der Waals surface area contributed by atoms with Crippen LogP contribution >= 0.6 is 11.6 Å². The summed E-state index contributed by atoms with van der Waals surface area (Å²) in [5.41, 5.74) is 1.37. The minimum absolute atomic E-state index is 0.464. The summed E-state index contributed by atoms with van der Waals surface area (Å²) >= 11 is 5.89. The van der Waals surface area contributed by atoms with Crippen molar-refractivity contribution >= 4 is 23.0 Å². The van der Waals surface area contributed by atoms with Crippen LogP contribution in [-0.2, 0) is 0 Å². The largest absolute Gasteiger partial charge is 0.386 e. The second kappa shape index (κ2) is 3.42. The van der Waals surface area contributed by atoms with Gasteiger partial charge < -0.3 is 4.90 Å². The van der Waals surface area contributed by atoms with Gasteiger partial charge in [-0.2, -0.15) is 0 Å². The maximum absolute atomic E-state index is 8.44. The first kappa shape index (κ1) is 8.82. The van der Waals surface area contributed by atoms with Gasteiger partial charge in [0.2, 0.25) is 5.39 Å². The Kier molecular flexibility index (Phi) is 2.51. The molecule has 0 aliphatic rings. The molecule has 12 heavy (non-hydrogen) atoms. The van der Waals surface area contributed by atoms with Gasteiger partial charge in [0.05, 0.1) is 16.8 Å². The van der Waals surface area contributed by atoms with E-state index in [4.69, 9.17) is 17.0 Å². The van der Waals surface area contributed by atoms with Gasteiger partial charge in [-0.05, 0) is 6.07 Å². The molecular formula is C8H9ClN3+. The molecule has 0 spiro atoms. The Morgan fingerprint density at radius 2 is 2.08 bits per heavy atom. The van der Waals surface area contributed by atoms with Gasteiger partial charge in [-0.1, -0.05) is 11.6 Å². The van der Waals surface area contributed by atoms with Crippen molar-refractivity contribution in [2.45, 2.75) is 0 Å². The number of benzene rings is 1. The molecule has 4 heteroatoms. The standard InChI is InChI=1S/C8H9ClN3/c1-12(2)8-4-3-6(11-10)5-7(8)9/h3-5H,1-2H3/q+1. The molecule has 0 aromatic heterocycles. The number of rotatable bonds is 1. The molecule has 0 atom stereocenters. The summed E-state index contributed by atoms with van der Waals surface area (Å²) in [6.07, 6.45) is 0. The summed E-state index contributed by atoms with van der Waals surface area (Å²) in [6, 6.07) is 5.11. The van der Waals surface area contributed by atoms with Crippen LogP contribution in [0.25, 0.3) is 4.98 Å². The molecule has 0 radical (unpaired) electrons. The van der Waals surface area contributed by atoms with Crippen LogP contribution in [0.5, 0.6) is 0 Å².